The highest BCUT2D eigenvalue weighted by atomic mass is 35.5. The Morgan fingerprint density at radius 2 is 2.15 bits per heavy atom. The van der Waals surface area contributed by atoms with Gasteiger partial charge in [-0.15, -0.1) is 0 Å². The van der Waals surface area contributed by atoms with Gasteiger partial charge in [-0.3, -0.25) is 4.79 Å². The van der Waals surface area contributed by atoms with Gasteiger partial charge in [0.15, 0.2) is 0 Å². The predicted octanol–water partition coefficient (Wildman–Crippen LogP) is 3.21. The normalized spacial score (nSPS) is 41.0. The van der Waals surface area contributed by atoms with Crippen LogP contribution in [-0.4, -0.2) is 5.24 Å². The second-order valence-electron chi connectivity index (χ2n) is 5.26. The third-order valence-electron chi connectivity index (χ3n) is 4.42. The molecule has 2 bridgehead atoms. The number of fused-ring (bicyclic) bond motifs is 2. The average Bonchev–Trinajstić information content (AvgIpc) is 2.03. The summed E-state index contributed by atoms with van der Waals surface area (Å²) >= 11 is 5.45. The molecule has 74 valence electrons. The van der Waals surface area contributed by atoms with Crippen molar-refractivity contribution in [3.05, 3.63) is 0 Å². The van der Waals surface area contributed by atoms with Gasteiger partial charge in [0.2, 0.25) is 5.24 Å². The summed E-state index contributed by atoms with van der Waals surface area (Å²) < 4.78 is 0. The maximum absolute atomic E-state index is 10.9. The second-order valence-corrected chi connectivity index (χ2v) is 5.68. The van der Waals surface area contributed by atoms with E-state index in [9.17, 15) is 4.79 Å². The molecule has 0 aromatic carbocycles. The van der Waals surface area contributed by atoms with Gasteiger partial charge in [0.05, 0.1) is 0 Å². The highest BCUT2D eigenvalue weighted by Crippen LogP contribution is 2.62. The van der Waals surface area contributed by atoms with Crippen LogP contribution in [0.3, 0.4) is 0 Å². The molecule has 0 saturated heterocycles. The van der Waals surface area contributed by atoms with Gasteiger partial charge in [-0.05, 0) is 54.0 Å². The molecule has 3 aliphatic rings. The Bertz CT molecular complexity index is 232. The molecule has 1 nitrogen and oxygen atoms in total. The lowest BCUT2D eigenvalue weighted by molar-refractivity contribution is -0.125. The summed E-state index contributed by atoms with van der Waals surface area (Å²) in [6, 6.07) is 0. The highest BCUT2D eigenvalue weighted by molar-refractivity contribution is 6.63. The molecule has 0 amide bonds. The molecular weight excluding hydrogens is 184 g/mol. The second kappa shape index (κ2) is 2.98. The van der Waals surface area contributed by atoms with E-state index in [1.165, 1.54) is 19.3 Å². The summed E-state index contributed by atoms with van der Waals surface area (Å²) in [5.41, 5.74) is 0.481. The molecule has 2 heteroatoms. The van der Waals surface area contributed by atoms with Crippen molar-refractivity contribution in [1.29, 1.82) is 0 Å². The average molecular weight is 201 g/mol. The molecule has 0 unspecified atom stereocenters. The van der Waals surface area contributed by atoms with Gasteiger partial charge in [-0.1, -0.05) is 13.8 Å². The molecule has 0 spiro atoms. The van der Waals surface area contributed by atoms with E-state index in [1.807, 2.05) is 0 Å². The van der Waals surface area contributed by atoms with Crippen molar-refractivity contribution in [2.24, 2.45) is 23.2 Å². The molecule has 13 heavy (non-hydrogen) atoms. The Morgan fingerprint density at radius 1 is 1.46 bits per heavy atom. The van der Waals surface area contributed by atoms with Gasteiger partial charge in [0, 0.05) is 6.42 Å². The first-order valence-corrected chi connectivity index (χ1v) is 5.58. The molecule has 0 heterocycles. The molecule has 3 aliphatic carbocycles. The fraction of sp³-hybridized carbons (Fsp3) is 0.909. The third kappa shape index (κ3) is 1.41. The molecule has 0 aromatic rings. The monoisotopic (exact) mass is 200 g/mol. The van der Waals surface area contributed by atoms with E-state index in [2.05, 4.69) is 13.8 Å². The summed E-state index contributed by atoms with van der Waals surface area (Å²) in [7, 11) is 0. The summed E-state index contributed by atoms with van der Waals surface area (Å²) in [5.74, 6) is 2.25. The maximum Gasteiger partial charge on any atom is 0.221 e. The van der Waals surface area contributed by atoms with Crippen molar-refractivity contribution in [2.75, 3.05) is 0 Å². The molecule has 0 aliphatic heterocycles. The zero-order valence-electron chi connectivity index (χ0n) is 8.35. The van der Waals surface area contributed by atoms with Crippen LogP contribution in [0.1, 0.15) is 39.5 Å². The molecule has 3 fully saturated rings. The van der Waals surface area contributed by atoms with Crippen LogP contribution in [0, 0.1) is 23.2 Å². The minimum Gasteiger partial charge on any atom is -0.281 e. The molecule has 0 aromatic heterocycles. The smallest absolute Gasteiger partial charge is 0.221 e. The lowest BCUT2D eigenvalue weighted by Crippen LogP contribution is -2.52. The summed E-state index contributed by atoms with van der Waals surface area (Å²) in [5, 5.41) is -0.147. The van der Waals surface area contributed by atoms with Gasteiger partial charge in [0.1, 0.15) is 0 Å². The van der Waals surface area contributed by atoms with Crippen LogP contribution in [0.4, 0.5) is 0 Å². The standard InChI is InChI=1S/C11H17ClO/c1-11(2)8-4-3-7(5-10(12)13)9(11)6-8/h7-9H,3-6H2,1-2H3/t7-,8+,9+/m1/s1. The van der Waals surface area contributed by atoms with E-state index >= 15 is 0 Å². The summed E-state index contributed by atoms with van der Waals surface area (Å²) in [4.78, 5) is 10.9. The molecule has 3 saturated carbocycles. The van der Waals surface area contributed by atoms with E-state index in [0.29, 0.717) is 17.8 Å². The summed E-state index contributed by atoms with van der Waals surface area (Å²) in [6.45, 7) is 4.69. The zero-order chi connectivity index (χ0) is 9.64. The van der Waals surface area contributed by atoms with Gasteiger partial charge in [0.25, 0.3) is 0 Å². The molecule has 0 N–H and O–H groups in total. The molecular formula is C11H17ClO. The van der Waals surface area contributed by atoms with E-state index in [-0.39, 0.29) is 5.24 Å². The van der Waals surface area contributed by atoms with Crippen molar-refractivity contribution in [3.8, 4) is 0 Å². The number of rotatable bonds is 2. The predicted molar refractivity (Wildman–Crippen MR) is 53.6 cm³/mol. The van der Waals surface area contributed by atoms with Crippen molar-refractivity contribution >= 4 is 16.8 Å². The van der Waals surface area contributed by atoms with E-state index in [1.54, 1.807) is 0 Å². The van der Waals surface area contributed by atoms with Crippen LogP contribution in [0.2, 0.25) is 0 Å². The van der Waals surface area contributed by atoms with Crippen molar-refractivity contribution in [2.45, 2.75) is 39.5 Å². The van der Waals surface area contributed by atoms with E-state index in [4.69, 9.17) is 11.6 Å². The van der Waals surface area contributed by atoms with Gasteiger partial charge in [-0.25, -0.2) is 0 Å². The van der Waals surface area contributed by atoms with Crippen LogP contribution in [-0.2, 0) is 4.79 Å². The summed E-state index contributed by atoms with van der Waals surface area (Å²) in [6.07, 6.45) is 4.46. The first-order chi connectivity index (χ1) is 6.01. The van der Waals surface area contributed by atoms with E-state index in [0.717, 1.165) is 11.8 Å². The SMILES string of the molecule is CC1(C)[C@H]2CC[C@H](CC(=O)Cl)[C@@H]1C2. The minimum absolute atomic E-state index is 0.147. The van der Waals surface area contributed by atoms with Gasteiger partial charge < -0.3 is 0 Å². The first-order valence-electron chi connectivity index (χ1n) is 5.20. The van der Waals surface area contributed by atoms with Gasteiger partial charge in [-0.2, -0.15) is 0 Å². The minimum atomic E-state index is -0.147. The van der Waals surface area contributed by atoms with Gasteiger partial charge >= 0.3 is 0 Å². The quantitative estimate of drug-likeness (QED) is 0.626. The van der Waals surface area contributed by atoms with Crippen LogP contribution < -0.4 is 0 Å². The zero-order valence-corrected chi connectivity index (χ0v) is 9.10. The Kier molecular flexibility index (Phi) is 2.18. The third-order valence-corrected chi connectivity index (χ3v) is 4.58. The van der Waals surface area contributed by atoms with Crippen LogP contribution >= 0.6 is 11.6 Å². The van der Waals surface area contributed by atoms with E-state index < -0.39 is 0 Å². The number of carbonyl (C=O) groups is 1. The van der Waals surface area contributed by atoms with Crippen molar-refractivity contribution < 1.29 is 4.79 Å². The van der Waals surface area contributed by atoms with Crippen LogP contribution in [0.25, 0.3) is 0 Å². The number of hydrogen-bond acceptors (Lipinski definition) is 1. The number of hydrogen-bond donors (Lipinski definition) is 0. The Balaban J connectivity index is 2.03. The lowest BCUT2D eigenvalue weighted by atomic mass is 9.45. The van der Waals surface area contributed by atoms with Crippen molar-refractivity contribution in [1.82, 2.24) is 0 Å². The number of halogens is 1. The van der Waals surface area contributed by atoms with Crippen LogP contribution in [0.15, 0.2) is 0 Å². The molecule has 3 rings (SSSR count). The lowest BCUT2D eigenvalue weighted by Gasteiger charge is -2.60. The Morgan fingerprint density at radius 3 is 2.62 bits per heavy atom. The maximum atomic E-state index is 10.9. The molecule has 0 radical (unpaired) electrons. The Hall–Kier alpha value is -0.0400. The highest BCUT2D eigenvalue weighted by Gasteiger charge is 2.54. The van der Waals surface area contributed by atoms with Crippen molar-refractivity contribution in [3.63, 3.8) is 0 Å². The topological polar surface area (TPSA) is 17.1 Å². The Labute approximate surface area is 84.8 Å². The first kappa shape index (κ1) is 9.51. The van der Waals surface area contributed by atoms with Crippen LogP contribution in [0.5, 0.6) is 0 Å². The fourth-order valence-corrected chi connectivity index (χ4v) is 3.61. The molecule has 3 atom stereocenters. The largest absolute Gasteiger partial charge is 0.281 e. The fourth-order valence-electron chi connectivity index (χ4n) is 3.41. The number of carbonyl (C=O) groups excluding carboxylic acids is 1.